The third-order valence-electron chi connectivity index (χ3n) is 6.00. The Morgan fingerprint density at radius 1 is 1.33 bits per heavy atom. The lowest BCUT2D eigenvalue weighted by Crippen LogP contribution is -2.35. The Kier molecular flexibility index (Phi) is 4.00. The highest BCUT2D eigenvalue weighted by atomic mass is 35.5. The molecule has 2 fully saturated rings. The van der Waals surface area contributed by atoms with Gasteiger partial charge in [0.15, 0.2) is 10.8 Å². The molecule has 0 bridgehead atoms. The van der Waals surface area contributed by atoms with Crippen LogP contribution in [0.4, 0.5) is 0 Å². The topological polar surface area (TPSA) is 92.2 Å². The lowest BCUT2D eigenvalue weighted by molar-refractivity contribution is 0.450. The molecule has 0 amide bonds. The summed E-state index contributed by atoms with van der Waals surface area (Å²) in [6.07, 6.45) is 7.70. The SMILES string of the molecule is CC[C@@H]1C[C@H](NS(=O)(=O)C2CC2)C[C@@H]1c1nc(Cl)c2cnc3[nH]ccc3n12. The number of imidazole rings is 1. The van der Waals surface area contributed by atoms with Crippen LogP contribution in [0.2, 0.25) is 5.15 Å². The molecule has 2 aliphatic carbocycles. The summed E-state index contributed by atoms with van der Waals surface area (Å²) < 4.78 is 29.8. The standard InChI is InChI=1S/C18H22ClN5O2S/c1-2-10-7-11(23-27(25,26)12-3-4-12)8-13(10)18-22-16(19)15-9-21-17-14(24(15)18)5-6-20-17/h5-6,9-13,20,23H,2-4,7-8H2,1H3/t10-,11+,13+/m1/s1. The quantitative estimate of drug-likeness (QED) is 0.679. The molecule has 5 rings (SSSR count). The van der Waals surface area contributed by atoms with Gasteiger partial charge >= 0.3 is 0 Å². The fraction of sp³-hybridized carbons (Fsp3) is 0.556. The molecule has 144 valence electrons. The average molecular weight is 408 g/mol. The Morgan fingerprint density at radius 3 is 2.89 bits per heavy atom. The monoisotopic (exact) mass is 407 g/mol. The van der Waals surface area contributed by atoms with Crippen molar-refractivity contribution in [1.29, 1.82) is 0 Å². The van der Waals surface area contributed by atoms with E-state index in [1.165, 1.54) is 0 Å². The van der Waals surface area contributed by atoms with Gasteiger partial charge in [0, 0.05) is 18.2 Å². The fourth-order valence-electron chi connectivity index (χ4n) is 4.49. The number of aromatic nitrogens is 4. The van der Waals surface area contributed by atoms with E-state index in [0.29, 0.717) is 11.1 Å². The molecule has 0 unspecified atom stereocenters. The van der Waals surface area contributed by atoms with E-state index in [-0.39, 0.29) is 17.2 Å². The second kappa shape index (κ2) is 6.18. The Labute approximate surface area is 162 Å². The molecule has 2 N–H and O–H groups in total. The first kappa shape index (κ1) is 17.5. The van der Waals surface area contributed by atoms with Crippen molar-refractivity contribution in [2.45, 2.75) is 56.2 Å². The Hall–Kier alpha value is -1.64. The van der Waals surface area contributed by atoms with Crippen LogP contribution in [0.3, 0.4) is 0 Å². The van der Waals surface area contributed by atoms with Gasteiger partial charge in [0.25, 0.3) is 0 Å². The maximum atomic E-state index is 12.4. The van der Waals surface area contributed by atoms with Gasteiger partial charge in [-0.15, -0.1) is 0 Å². The minimum Gasteiger partial charge on any atom is -0.345 e. The number of nitrogens with one attached hydrogen (secondary N) is 2. The number of hydrogen-bond donors (Lipinski definition) is 2. The minimum atomic E-state index is -3.19. The molecular formula is C18H22ClN5O2S. The van der Waals surface area contributed by atoms with Crippen molar-refractivity contribution in [2.24, 2.45) is 5.92 Å². The van der Waals surface area contributed by atoms with E-state index >= 15 is 0 Å². The molecule has 0 spiro atoms. The number of hydrogen-bond acceptors (Lipinski definition) is 4. The number of fused-ring (bicyclic) bond motifs is 3. The number of H-pyrrole nitrogens is 1. The first-order chi connectivity index (χ1) is 13.0. The van der Waals surface area contributed by atoms with Gasteiger partial charge in [-0.1, -0.05) is 24.9 Å². The minimum absolute atomic E-state index is 0.0415. The molecule has 9 heteroatoms. The number of aromatic amines is 1. The smallest absolute Gasteiger partial charge is 0.214 e. The summed E-state index contributed by atoms with van der Waals surface area (Å²) >= 11 is 6.41. The van der Waals surface area contributed by atoms with Crippen molar-refractivity contribution in [3.63, 3.8) is 0 Å². The van der Waals surface area contributed by atoms with E-state index in [1.807, 2.05) is 12.3 Å². The van der Waals surface area contributed by atoms with E-state index in [9.17, 15) is 8.42 Å². The lowest BCUT2D eigenvalue weighted by atomic mass is 9.93. The summed E-state index contributed by atoms with van der Waals surface area (Å²) in [4.78, 5) is 12.2. The highest BCUT2D eigenvalue weighted by Gasteiger charge is 2.42. The molecule has 27 heavy (non-hydrogen) atoms. The van der Waals surface area contributed by atoms with Gasteiger partial charge in [-0.25, -0.2) is 23.1 Å². The molecule has 0 radical (unpaired) electrons. The largest absolute Gasteiger partial charge is 0.345 e. The number of sulfonamides is 1. The molecule has 0 aromatic carbocycles. The number of rotatable bonds is 5. The van der Waals surface area contributed by atoms with Crippen molar-refractivity contribution in [2.75, 3.05) is 0 Å². The van der Waals surface area contributed by atoms with Gasteiger partial charge in [-0.05, 0) is 37.7 Å². The van der Waals surface area contributed by atoms with Gasteiger partial charge < -0.3 is 4.98 Å². The normalized spacial score (nSPS) is 26.4. The third kappa shape index (κ3) is 2.85. The fourth-order valence-corrected chi connectivity index (χ4v) is 6.32. The Balaban J connectivity index is 1.54. The molecule has 2 saturated carbocycles. The summed E-state index contributed by atoms with van der Waals surface area (Å²) in [5.41, 5.74) is 2.52. The van der Waals surface area contributed by atoms with Crippen molar-refractivity contribution < 1.29 is 8.42 Å². The molecule has 0 saturated heterocycles. The summed E-state index contributed by atoms with van der Waals surface area (Å²) in [5, 5.41) is 0.251. The van der Waals surface area contributed by atoms with Crippen molar-refractivity contribution in [3.05, 3.63) is 29.4 Å². The maximum Gasteiger partial charge on any atom is 0.214 e. The maximum absolute atomic E-state index is 12.4. The zero-order valence-electron chi connectivity index (χ0n) is 15.0. The molecule has 2 aliphatic rings. The van der Waals surface area contributed by atoms with Crippen LogP contribution in [-0.2, 0) is 10.0 Å². The van der Waals surface area contributed by atoms with Crippen LogP contribution >= 0.6 is 11.6 Å². The highest BCUT2D eigenvalue weighted by molar-refractivity contribution is 7.90. The lowest BCUT2D eigenvalue weighted by Gasteiger charge is -2.16. The van der Waals surface area contributed by atoms with Gasteiger partial charge in [-0.3, -0.25) is 4.40 Å². The average Bonchev–Trinajstić information content (AvgIpc) is 3.14. The van der Waals surface area contributed by atoms with E-state index in [4.69, 9.17) is 11.6 Å². The number of halogens is 1. The summed E-state index contributed by atoms with van der Waals surface area (Å²) in [5.74, 6) is 1.42. The molecule has 3 heterocycles. The molecule has 0 aliphatic heterocycles. The molecule has 3 aromatic heterocycles. The van der Waals surface area contributed by atoms with Crippen molar-refractivity contribution >= 4 is 38.3 Å². The van der Waals surface area contributed by atoms with Crippen LogP contribution in [0.25, 0.3) is 16.7 Å². The van der Waals surface area contributed by atoms with Crippen LogP contribution < -0.4 is 4.72 Å². The first-order valence-electron chi connectivity index (χ1n) is 9.49. The highest BCUT2D eigenvalue weighted by Crippen LogP contribution is 2.43. The first-order valence-corrected chi connectivity index (χ1v) is 11.4. The van der Waals surface area contributed by atoms with Gasteiger partial charge in [0.1, 0.15) is 11.3 Å². The van der Waals surface area contributed by atoms with E-state index in [2.05, 4.69) is 31.0 Å². The van der Waals surface area contributed by atoms with Gasteiger partial charge in [-0.2, -0.15) is 0 Å². The molecule has 3 aromatic rings. The van der Waals surface area contributed by atoms with Crippen molar-refractivity contribution in [3.8, 4) is 0 Å². The van der Waals surface area contributed by atoms with Gasteiger partial charge in [0.05, 0.1) is 17.0 Å². The Bertz CT molecular complexity index is 1120. The predicted molar refractivity (Wildman–Crippen MR) is 104 cm³/mol. The van der Waals surface area contributed by atoms with Gasteiger partial charge in [0.2, 0.25) is 10.0 Å². The third-order valence-corrected chi connectivity index (χ3v) is 8.29. The van der Waals surface area contributed by atoms with Crippen LogP contribution in [0.5, 0.6) is 0 Å². The van der Waals surface area contributed by atoms with Crippen LogP contribution in [0.15, 0.2) is 18.5 Å². The van der Waals surface area contributed by atoms with E-state index in [1.54, 1.807) is 6.20 Å². The second-order valence-electron chi connectivity index (χ2n) is 7.76. The molecule has 7 nitrogen and oxygen atoms in total. The Morgan fingerprint density at radius 2 is 2.15 bits per heavy atom. The summed E-state index contributed by atoms with van der Waals surface area (Å²) in [7, 11) is -3.19. The summed E-state index contributed by atoms with van der Waals surface area (Å²) in [6, 6.07) is 1.93. The van der Waals surface area contributed by atoms with Crippen molar-refractivity contribution in [1.82, 2.24) is 24.1 Å². The summed E-state index contributed by atoms with van der Waals surface area (Å²) in [6.45, 7) is 2.15. The van der Waals surface area contributed by atoms with Crippen LogP contribution in [0.1, 0.15) is 50.8 Å². The number of nitrogens with zero attached hydrogens (tertiary/aromatic N) is 3. The zero-order valence-corrected chi connectivity index (χ0v) is 16.6. The second-order valence-corrected chi connectivity index (χ2v) is 10.1. The van der Waals surface area contributed by atoms with E-state index in [0.717, 1.165) is 54.6 Å². The van der Waals surface area contributed by atoms with E-state index < -0.39 is 10.0 Å². The van der Waals surface area contributed by atoms with Crippen LogP contribution in [0, 0.1) is 5.92 Å². The predicted octanol–water partition coefficient (Wildman–Crippen LogP) is 3.22. The molecule has 3 atom stereocenters. The molecular weight excluding hydrogens is 386 g/mol. The zero-order chi connectivity index (χ0) is 18.8. The van der Waals surface area contributed by atoms with Crippen LogP contribution in [-0.4, -0.2) is 39.1 Å².